The van der Waals surface area contributed by atoms with E-state index in [9.17, 15) is 9.59 Å². The van der Waals surface area contributed by atoms with Gasteiger partial charge in [0.1, 0.15) is 0 Å². The zero-order valence-electron chi connectivity index (χ0n) is 13.4. The smallest absolute Gasteiger partial charge is 0.308 e. The quantitative estimate of drug-likeness (QED) is 0.867. The third kappa shape index (κ3) is 2.47. The van der Waals surface area contributed by atoms with E-state index in [1.807, 2.05) is 0 Å². The van der Waals surface area contributed by atoms with E-state index in [1.165, 1.54) is 19.3 Å². The number of carbonyl (C=O) groups is 2. The fourth-order valence-electron chi connectivity index (χ4n) is 5.95. The minimum atomic E-state index is -0.827. The summed E-state index contributed by atoms with van der Waals surface area (Å²) in [6, 6.07) is 0. The van der Waals surface area contributed by atoms with Gasteiger partial charge < -0.3 is 10.0 Å². The van der Waals surface area contributed by atoms with Gasteiger partial charge in [-0.3, -0.25) is 9.59 Å². The Bertz CT molecular complexity index is 459. The van der Waals surface area contributed by atoms with Crippen LogP contribution in [-0.2, 0) is 9.59 Å². The molecule has 4 fully saturated rings. The molecule has 1 N–H and O–H groups in total. The number of amides is 1. The Hall–Kier alpha value is -1.06. The van der Waals surface area contributed by atoms with Crippen LogP contribution in [0.1, 0.15) is 52.4 Å². The van der Waals surface area contributed by atoms with Crippen LogP contribution in [0.4, 0.5) is 0 Å². The van der Waals surface area contributed by atoms with Crippen molar-refractivity contribution in [2.75, 3.05) is 13.6 Å². The van der Waals surface area contributed by atoms with E-state index < -0.39 is 11.9 Å². The summed E-state index contributed by atoms with van der Waals surface area (Å²) in [5.74, 6) is 0.308. The van der Waals surface area contributed by atoms with Crippen LogP contribution in [0.5, 0.6) is 0 Å². The van der Waals surface area contributed by atoms with Gasteiger partial charge in [0.05, 0.1) is 11.3 Å². The molecule has 0 aromatic heterocycles. The monoisotopic (exact) mass is 293 g/mol. The molecular formula is C17H27NO3. The summed E-state index contributed by atoms with van der Waals surface area (Å²) in [6.07, 6.45) is 6.95. The van der Waals surface area contributed by atoms with E-state index in [0.29, 0.717) is 23.8 Å². The fraction of sp³-hybridized carbons (Fsp3) is 0.882. The molecule has 4 heteroatoms. The summed E-state index contributed by atoms with van der Waals surface area (Å²) in [7, 11) is 1.78. The van der Waals surface area contributed by atoms with Gasteiger partial charge in [0.25, 0.3) is 0 Å². The lowest BCUT2D eigenvalue weighted by Gasteiger charge is -2.61. The van der Waals surface area contributed by atoms with Crippen LogP contribution in [0.2, 0.25) is 0 Å². The van der Waals surface area contributed by atoms with Gasteiger partial charge in [0, 0.05) is 13.6 Å². The van der Waals surface area contributed by atoms with Crippen molar-refractivity contribution in [3.05, 3.63) is 0 Å². The lowest BCUT2D eigenvalue weighted by Crippen LogP contribution is -2.57. The Morgan fingerprint density at radius 1 is 1.24 bits per heavy atom. The van der Waals surface area contributed by atoms with Crippen LogP contribution in [0.15, 0.2) is 0 Å². The molecule has 1 amide bonds. The Morgan fingerprint density at radius 3 is 2.29 bits per heavy atom. The van der Waals surface area contributed by atoms with Gasteiger partial charge in [0.2, 0.25) is 5.91 Å². The molecule has 4 nitrogen and oxygen atoms in total. The molecule has 3 atom stereocenters. The van der Waals surface area contributed by atoms with Crippen molar-refractivity contribution >= 4 is 11.9 Å². The second-order valence-corrected chi connectivity index (χ2v) is 8.48. The Balaban J connectivity index is 1.76. The molecule has 0 heterocycles. The normalized spacial score (nSPS) is 41.9. The number of hydrogen-bond acceptors (Lipinski definition) is 2. The summed E-state index contributed by atoms with van der Waals surface area (Å²) in [5, 5.41) is 9.05. The molecule has 4 aliphatic carbocycles. The van der Waals surface area contributed by atoms with Crippen LogP contribution < -0.4 is 0 Å². The van der Waals surface area contributed by atoms with Crippen molar-refractivity contribution < 1.29 is 14.7 Å². The lowest BCUT2D eigenvalue weighted by molar-refractivity contribution is -0.165. The van der Waals surface area contributed by atoms with E-state index in [0.717, 1.165) is 19.3 Å². The minimum Gasteiger partial charge on any atom is -0.481 e. The fourth-order valence-corrected chi connectivity index (χ4v) is 5.95. The highest BCUT2D eigenvalue weighted by molar-refractivity contribution is 5.83. The maximum atomic E-state index is 13.0. The van der Waals surface area contributed by atoms with Crippen LogP contribution in [-0.4, -0.2) is 35.5 Å². The molecule has 0 radical (unpaired) electrons. The molecule has 0 aliphatic heterocycles. The molecule has 118 valence electrons. The average molecular weight is 293 g/mol. The van der Waals surface area contributed by atoms with Crippen LogP contribution in [0.25, 0.3) is 0 Å². The molecule has 4 rings (SSSR count). The molecule has 4 bridgehead atoms. The third-order valence-electron chi connectivity index (χ3n) is 6.12. The van der Waals surface area contributed by atoms with E-state index in [2.05, 4.69) is 6.92 Å². The molecule has 0 spiro atoms. The van der Waals surface area contributed by atoms with Crippen LogP contribution in [0.3, 0.4) is 0 Å². The first-order valence-corrected chi connectivity index (χ1v) is 8.21. The van der Waals surface area contributed by atoms with Crippen LogP contribution in [0, 0.1) is 28.6 Å². The number of aliphatic carboxylic acids is 1. The number of carbonyl (C=O) groups excluding carboxylic acids is 1. The zero-order chi connectivity index (χ0) is 15.4. The summed E-state index contributed by atoms with van der Waals surface area (Å²) < 4.78 is 0. The second-order valence-electron chi connectivity index (χ2n) is 8.48. The number of carboxylic acids is 1. The summed E-state index contributed by atoms with van der Waals surface area (Å²) >= 11 is 0. The summed E-state index contributed by atoms with van der Waals surface area (Å²) in [6.45, 7) is 4.35. The Kier molecular flexibility index (Phi) is 3.34. The first kappa shape index (κ1) is 14.9. The van der Waals surface area contributed by atoms with Crippen molar-refractivity contribution in [3.8, 4) is 0 Å². The van der Waals surface area contributed by atoms with Gasteiger partial charge in [-0.15, -0.1) is 0 Å². The molecule has 0 aromatic carbocycles. The van der Waals surface area contributed by atoms with Gasteiger partial charge in [-0.25, -0.2) is 0 Å². The molecule has 21 heavy (non-hydrogen) atoms. The largest absolute Gasteiger partial charge is 0.481 e. The summed E-state index contributed by atoms with van der Waals surface area (Å²) in [5.41, 5.74) is 0.158. The van der Waals surface area contributed by atoms with Crippen molar-refractivity contribution in [1.82, 2.24) is 4.90 Å². The molecule has 0 saturated heterocycles. The Morgan fingerprint density at radius 2 is 1.81 bits per heavy atom. The standard InChI is InChI=1S/C17H27NO3/c1-11(14(19)20)9-18(3)15(21)17-7-12-4-13(8-17)6-16(2,5-12)10-17/h11-13H,4-10H2,1-3H3,(H,19,20). The summed E-state index contributed by atoms with van der Waals surface area (Å²) in [4.78, 5) is 25.7. The number of hydrogen-bond donors (Lipinski definition) is 1. The highest BCUT2D eigenvalue weighted by atomic mass is 16.4. The van der Waals surface area contributed by atoms with E-state index in [1.54, 1.807) is 18.9 Å². The van der Waals surface area contributed by atoms with E-state index >= 15 is 0 Å². The minimum absolute atomic E-state index is 0.189. The van der Waals surface area contributed by atoms with E-state index in [-0.39, 0.29) is 11.3 Å². The second kappa shape index (κ2) is 4.72. The molecular weight excluding hydrogens is 266 g/mol. The van der Waals surface area contributed by atoms with Gasteiger partial charge in [0.15, 0.2) is 0 Å². The highest BCUT2D eigenvalue weighted by Crippen LogP contribution is 2.65. The molecule has 0 aromatic rings. The highest BCUT2D eigenvalue weighted by Gasteiger charge is 2.59. The first-order chi connectivity index (χ1) is 9.73. The number of carboxylic acid groups (broad SMARTS) is 1. The maximum Gasteiger partial charge on any atom is 0.308 e. The van der Waals surface area contributed by atoms with Crippen molar-refractivity contribution in [3.63, 3.8) is 0 Å². The Labute approximate surface area is 126 Å². The SMILES string of the molecule is CC(CN(C)C(=O)C12CC3CC(CC(C)(C3)C1)C2)C(=O)O. The zero-order valence-corrected chi connectivity index (χ0v) is 13.4. The van der Waals surface area contributed by atoms with Crippen molar-refractivity contribution in [2.24, 2.45) is 28.6 Å². The van der Waals surface area contributed by atoms with Gasteiger partial charge >= 0.3 is 5.97 Å². The predicted molar refractivity (Wildman–Crippen MR) is 79.7 cm³/mol. The van der Waals surface area contributed by atoms with Crippen LogP contribution >= 0.6 is 0 Å². The number of rotatable bonds is 4. The van der Waals surface area contributed by atoms with Gasteiger partial charge in [-0.2, -0.15) is 0 Å². The van der Waals surface area contributed by atoms with Crippen molar-refractivity contribution in [2.45, 2.75) is 52.4 Å². The maximum absolute atomic E-state index is 13.0. The lowest BCUT2D eigenvalue weighted by atomic mass is 9.44. The van der Waals surface area contributed by atoms with Crippen molar-refractivity contribution in [1.29, 1.82) is 0 Å². The van der Waals surface area contributed by atoms with Gasteiger partial charge in [-0.1, -0.05) is 13.8 Å². The predicted octanol–water partition coefficient (Wildman–Crippen LogP) is 2.77. The molecule has 4 aliphatic rings. The average Bonchev–Trinajstić information content (AvgIpc) is 2.34. The topological polar surface area (TPSA) is 57.6 Å². The number of nitrogens with zero attached hydrogens (tertiary/aromatic N) is 1. The first-order valence-electron chi connectivity index (χ1n) is 8.21. The van der Waals surface area contributed by atoms with Gasteiger partial charge in [-0.05, 0) is 55.8 Å². The molecule has 4 saturated carbocycles. The molecule has 3 unspecified atom stereocenters. The van der Waals surface area contributed by atoms with E-state index in [4.69, 9.17) is 5.11 Å². The third-order valence-corrected chi connectivity index (χ3v) is 6.12.